The summed E-state index contributed by atoms with van der Waals surface area (Å²) in [5, 5.41) is 3.92. The normalized spacial score (nSPS) is 10.8. The number of fused-ring (bicyclic) bond motifs is 1. The van der Waals surface area contributed by atoms with Crippen LogP contribution in [-0.4, -0.2) is 21.6 Å². The number of halogens is 2. The summed E-state index contributed by atoms with van der Waals surface area (Å²) in [6.07, 6.45) is 1.55. The average molecular weight is 354 g/mol. The molecule has 0 aliphatic carbocycles. The van der Waals surface area contributed by atoms with Crippen LogP contribution in [0, 0.1) is 0 Å². The molecule has 1 N–H and O–H groups in total. The van der Waals surface area contributed by atoms with Crippen molar-refractivity contribution < 1.29 is 9.21 Å². The maximum absolute atomic E-state index is 11.9. The average Bonchev–Trinajstić information content (AvgIpc) is 2.89. The molecule has 1 aromatic carbocycles. The molecule has 2 heterocycles. The Bertz CT molecular complexity index is 838. The van der Waals surface area contributed by atoms with E-state index >= 15 is 0 Å². The molecule has 0 bridgehead atoms. The molecule has 0 atom stereocenters. The number of oxazole rings is 1. The van der Waals surface area contributed by atoms with Crippen molar-refractivity contribution in [1.29, 1.82) is 0 Å². The second-order valence-electron chi connectivity index (χ2n) is 4.27. The van der Waals surface area contributed by atoms with Crippen molar-refractivity contribution in [2.45, 2.75) is 5.22 Å². The van der Waals surface area contributed by atoms with Crippen LogP contribution in [0.25, 0.3) is 11.1 Å². The van der Waals surface area contributed by atoms with Crippen molar-refractivity contribution in [2.24, 2.45) is 0 Å². The lowest BCUT2D eigenvalue weighted by Crippen LogP contribution is -2.14. The van der Waals surface area contributed by atoms with E-state index in [1.807, 2.05) is 0 Å². The van der Waals surface area contributed by atoms with Crippen LogP contribution in [0.2, 0.25) is 10.2 Å². The third kappa shape index (κ3) is 3.52. The number of carbonyl (C=O) groups is 1. The second kappa shape index (κ2) is 6.56. The van der Waals surface area contributed by atoms with E-state index in [0.29, 0.717) is 27.0 Å². The quantitative estimate of drug-likeness (QED) is 0.560. The minimum absolute atomic E-state index is 0.145. The van der Waals surface area contributed by atoms with Crippen molar-refractivity contribution in [3.8, 4) is 0 Å². The summed E-state index contributed by atoms with van der Waals surface area (Å²) in [4.78, 5) is 20.0. The number of anilines is 1. The molecule has 22 heavy (non-hydrogen) atoms. The Hall–Kier alpha value is -1.76. The maximum atomic E-state index is 11.9. The lowest BCUT2D eigenvalue weighted by Gasteiger charge is -2.04. The Morgan fingerprint density at radius 3 is 3.00 bits per heavy atom. The number of pyridine rings is 1. The summed E-state index contributed by atoms with van der Waals surface area (Å²) < 4.78 is 5.52. The zero-order chi connectivity index (χ0) is 15.5. The van der Waals surface area contributed by atoms with Crippen molar-refractivity contribution in [3.63, 3.8) is 0 Å². The molecule has 2 aromatic heterocycles. The SMILES string of the molecule is O=C(CSc1nc2cc(Cl)ccc2o1)Nc1cccnc1Cl. The zero-order valence-electron chi connectivity index (χ0n) is 11.0. The van der Waals surface area contributed by atoms with Crippen LogP contribution >= 0.6 is 35.0 Å². The molecule has 0 saturated carbocycles. The van der Waals surface area contributed by atoms with E-state index in [2.05, 4.69) is 15.3 Å². The van der Waals surface area contributed by atoms with Crippen molar-refractivity contribution >= 4 is 57.7 Å². The fourth-order valence-corrected chi connectivity index (χ4v) is 2.71. The number of benzene rings is 1. The van der Waals surface area contributed by atoms with Crippen LogP contribution in [0.15, 0.2) is 46.2 Å². The first-order chi connectivity index (χ1) is 10.6. The Balaban J connectivity index is 1.63. The van der Waals surface area contributed by atoms with Gasteiger partial charge in [-0.05, 0) is 30.3 Å². The van der Waals surface area contributed by atoms with Crippen molar-refractivity contribution in [2.75, 3.05) is 11.1 Å². The standard InChI is InChI=1S/C14H9Cl2N3O2S/c15-8-3-4-11-10(6-8)19-14(21-11)22-7-12(20)18-9-2-1-5-17-13(9)16/h1-6H,7H2,(H,18,20). The molecule has 0 saturated heterocycles. The fourth-order valence-electron chi connectivity index (χ4n) is 1.73. The summed E-state index contributed by atoms with van der Waals surface area (Å²) in [6, 6.07) is 8.54. The summed E-state index contributed by atoms with van der Waals surface area (Å²) in [7, 11) is 0. The maximum Gasteiger partial charge on any atom is 0.257 e. The van der Waals surface area contributed by atoms with Crippen LogP contribution in [0.4, 0.5) is 5.69 Å². The van der Waals surface area contributed by atoms with Gasteiger partial charge in [-0.1, -0.05) is 35.0 Å². The highest BCUT2D eigenvalue weighted by Crippen LogP contribution is 2.26. The molecule has 0 aliphatic rings. The van der Waals surface area contributed by atoms with E-state index < -0.39 is 0 Å². The van der Waals surface area contributed by atoms with Crippen molar-refractivity contribution in [3.05, 3.63) is 46.7 Å². The Morgan fingerprint density at radius 1 is 1.32 bits per heavy atom. The van der Waals surface area contributed by atoms with Crippen LogP contribution in [0.3, 0.4) is 0 Å². The minimum atomic E-state index is -0.222. The smallest absolute Gasteiger partial charge is 0.257 e. The highest BCUT2D eigenvalue weighted by Gasteiger charge is 2.11. The number of hydrogen-bond donors (Lipinski definition) is 1. The number of aromatic nitrogens is 2. The molecule has 0 radical (unpaired) electrons. The lowest BCUT2D eigenvalue weighted by atomic mass is 10.3. The molecule has 5 nitrogen and oxygen atoms in total. The third-order valence-corrected chi connectivity index (χ3v) is 4.05. The van der Waals surface area contributed by atoms with Crippen LogP contribution in [0.5, 0.6) is 0 Å². The Labute approximate surface area is 140 Å². The third-order valence-electron chi connectivity index (χ3n) is 2.69. The molecule has 1 amide bonds. The summed E-state index contributed by atoms with van der Waals surface area (Å²) in [5.74, 6) is -0.0774. The largest absolute Gasteiger partial charge is 0.431 e. The Kier molecular flexibility index (Phi) is 4.52. The number of carbonyl (C=O) groups excluding carboxylic acids is 1. The summed E-state index contributed by atoms with van der Waals surface area (Å²) in [6.45, 7) is 0. The molecule has 0 fully saturated rings. The van der Waals surface area contributed by atoms with E-state index in [-0.39, 0.29) is 16.8 Å². The zero-order valence-corrected chi connectivity index (χ0v) is 13.4. The van der Waals surface area contributed by atoms with E-state index in [0.717, 1.165) is 0 Å². The van der Waals surface area contributed by atoms with E-state index in [9.17, 15) is 4.79 Å². The van der Waals surface area contributed by atoms with Crippen LogP contribution < -0.4 is 5.32 Å². The summed E-state index contributed by atoms with van der Waals surface area (Å²) in [5.41, 5.74) is 1.76. The number of thioether (sulfide) groups is 1. The van der Waals surface area contributed by atoms with Gasteiger partial charge in [-0.15, -0.1) is 0 Å². The van der Waals surface area contributed by atoms with Crippen molar-refractivity contribution in [1.82, 2.24) is 9.97 Å². The first-order valence-corrected chi connectivity index (χ1v) is 7.95. The van der Waals surface area contributed by atoms with Gasteiger partial charge in [0.1, 0.15) is 5.52 Å². The predicted molar refractivity (Wildman–Crippen MR) is 87.6 cm³/mol. The fraction of sp³-hybridized carbons (Fsp3) is 0.0714. The molecule has 3 aromatic rings. The number of hydrogen-bond acceptors (Lipinski definition) is 5. The second-order valence-corrected chi connectivity index (χ2v) is 5.99. The first kappa shape index (κ1) is 15.1. The first-order valence-electron chi connectivity index (χ1n) is 6.21. The van der Waals surface area contributed by atoms with E-state index in [4.69, 9.17) is 27.6 Å². The van der Waals surface area contributed by atoms with Gasteiger partial charge >= 0.3 is 0 Å². The van der Waals surface area contributed by atoms with E-state index in [1.54, 1.807) is 36.5 Å². The van der Waals surface area contributed by atoms with Gasteiger partial charge in [-0.25, -0.2) is 9.97 Å². The molecule has 3 rings (SSSR count). The number of amides is 1. The molecule has 0 spiro atoms. The molecule has 8 heteroatoms. The molecule has 112 valence electrons. The van der Waals surface area contributed by atoms with Gasteiger partial charge in [0.25, 0.3) is 5.22 Å². The number of nitrogens with zero attached hydrogens (tertiary/aromatic N) is 2. The number of nitrogens with one attached hydrogen (secondary N) is 1. The minimum Gasteiger partial charge on any atom is -0.431 e. The highest BCUT2D eigenvalue weighted by atomic mass is 35.5. The van der Waals surface area contributed by atoms with E-state index in [1.165, 1.54) is 11.8 Å². The molecular formula is C14H9Cl2N3O2S. The van der Waals surface area contributed by atoms with Gasteiger partial charge in [0, 0.05) is 11.2 Å². The Morgan fingerprint density at radius 2 is 2.18 bits per heavy atom. The highest BCUT2D eigenvalue weighted by molar-refractivity contribution is 7.99. The van der Waals surface area contributed by atoms with Gasteiger partial charge in [-0.2, -0.15) is 0 Å². The van der Waals surface area contributed by atoms with Gasteiger partial charge in [0.05, 0.1) is 11.4 Å². The van der Waals surface area contributed by atoms with Crippen LogP contribution in [-0.2, 0) is 4.79 Å². The number of rotatable bonds is 4. The molecule has 0 aliphatic heterocycles. The monoisotopic (exact) mass is 353 g/mol. The van der Waals surface area contributed by atoms with Gasteiger partial charge in [-0.3, -0.25) is 4.79 Å². The molecule has 0 unspecified atom stereocenters. The topological polar surface area (TPSA) is 68.0 Å². The summed E-state index contributed by atoms with van der Waals surface area (Å²) >= 11 is 13.0. The lowest BCUT2D eigenvalue weighted by molar-refractivity contribution is -0.113. The van der Waals surface area contributed by atoms with Gasteiger partial charge < -0.3 is 9.73 Å². The van der Waals surface area contributed by atoms with Gasteiger partial charge in [0.2, 0.25) is 5.91 Å². The molecular weight excluding hydrogens is 345 g/mol. The van der Waals surface area contributed by atoms with Gasteiger partial charge in [0.15, 0.2) is 10.7 Å². The predicted octanol–water partition coefficient (Wildman–Crippen LogP) is 4.26. The van der Waals surface area contributed by atoms with Crippen LogP contribution in [0.1, 0.15) is 0 Å².